The number of carbonyl (C=O) groups excluding carboxylic acids is 1. The predicted octanol–water partition coefficient (Wildman–Crippen LogP) is 3.43. The van der Waals surface area contributed by atoms with Crippen LogP contribution >= 0.6 is 0 Å². The first-order valence-electron chi connectivity index (χ1n) is 8.37. The smallest absolute Gasteiger partial charge is 0.274 e. The second-order valence-electron chi connectivity index (χ2n) is 5.98. The molecule has 0 spiro atoms. The third-order valence-electron chi connectivity index (χ3n) is 4.38. The van der Waals surface area contributed by atoms with E-state index in [2.05, 4.69) is 32.3 Å². The number of para-hydroxylation sites is 1. The highest BCUT2D eigenvalue weighted by Gasteiger charge is 2.22. The number of ether oxygens (including phenoxy) is 1. The Morgan fingerprint density at radius 3 is 2.88 bits per heavy atom. The number of aromatic nitrogens is 2. The van der Waals surface area contributed by atoms with Gasteiger partial charge in [-0.05, 0) is 30.2 Å². The number of nitrogens with zero attached hydrogens (tertiary/aromatic N) is 3. The van der Waals surface area contributed by atoms with Gasteiger partial charge in [-0.1, -0.05) is 24.3 Å². The van der Waals surface area contributed by atoms with Crippen LogP contribution in [0.4, 0.5) is 17.2 Å². The van der Waals surface area contributed by atoms with E-state index in [1.54, 1.807) is 25.3 Å². The van der Waals surface area contributed by atoms with Crippen molar-refractivity contribution in [3.63, 3.8) is 0 Å². The van der Waals surface area contributed by atoms with E-state index < -0.39 is 0 Å². The highest BCUT2D eigenvalue weighted by Crippen LogP contribution is 2.33. The van der Waals surface area contributed by atoms with Crippen molar-refractivity contribution in [2.75, 3.05) is 23.9 Å². The molecule has 0 radical (unpaired) electrons. The summed E-state index contributed by atoms with van der Waals surface area (Å²) in [5, 5.41) is 2.84. The van der Waals surface area contributed by atoms with E-state index in [-0.39, 0.29) is 5.91 Å². The molecule has 6 nitrogen and oxygen atoms in total. The minimum atomic E-state index is -0.283. The maximum atomic E-state index is 12.6. The minimum Gasteiger partial charge on any atom is -0.497 e. The molecule has 1 aromatic heterocycles. The lowest BCUT2D eigenvalue weighted by Crippen LogP contribution is -2.18. The molecule has 1 aliphatic heterocycles. The zero-order valence-corrected chi connectivity index (χ0v) is 14.3. The fourth-order valence-electron chi connectivity index (χ4n) is 3.09. The van der Waals surface area contributed by atoms with Gasteiger partial charge in [-0.3, -0.25) is 4.79 Å². The SMILES string of the molecule is COc1cccc(NC(=O)c2cc(N3CCc4ccccc43)ncn2)c1. The topological polar surface area (TPSA) is 67.3 Å². The van der Waals surface area contributed by atoms with Crippen LogP contribution in [0.1, 0.15) is 16.1 Å². The van der Waals surface area contributed by atoms with Crippen molar-refractivity contribution in [1.29, 1.82) is 0 Å². The van der Waals surface area contributed by atoms with E-state index in [1.807, 2.05) is 24.3 Å². The average Bonchev–Trinajstić information content (AvgIpc) is 3.12. The average molecular weight is 346 g/mol. The molecule has 130 valence electrons. The lowest BCUT2D eigenvalue weighted by molar-refractivity contribution is 0.102. The van der Waals surface area contributed by atoms with Crippen molar-refractivity contribution in [3.8, 4) is 5.75 Å². The Kier molecular flexibility index (Phi) is 4.23. The third kappa shape index (κ3) is 3.09. The van der Waals surface area contributed by atoms with Gasteiger partial charge in [-0.25, -0.2) is 9.97 Å². The van der Waals surface area contributed by atoms with Gasteiger partial charge in [-0.2, -0.15) is 0 Å². The Balaban J connectivity index is 1.57. The summed E-state index contributed by atoms with van der Waals surface area (Å²) in [5.74, 6) is 1.12. The molecule has 0 unspecified atom stereocenters. The molecule has 4 rings (SSSR count). The summed E-state index contributed by atoms with van der Waals surface area (Å²) in [6.07, 6.45) is 2.39. The second-order valence-corrected chi connectivity index (χ2v) is 5.98. The van der Waals surface area contributed by atoms with Gasteiger partial charge in [0.1, 0.15) is 23.6 Å². The maximum absolute atomic E-state index is 12.6. The summed E-state index contributed by atoms with van der Waals surface area (Å²) < 4.78 is 5.18. The van der Waals surface area contributed by atoms with Crippen LogP contribution in [0.25, 0.3) is 0 Å². The van der Waals surface area contributed by atoms with Crippen molar-refractivity contribution in [2.45, 2.75) is 6.42 Å². The zero-order valence-electron chi connectivity index (χ0n) is 14.3. The molecule has 2 aromatic carbocycles. The molecular weight excluding hydrogens is 328 g/mol. The molecule has 26 heavy (non-hydrogen) atoms. The maximum Gasteiger partial charge on any atom is 0.274 e. The largest absolute Gasteiger partial charge is 0.497 e. The highest BCUT2D eigenvalue weighted by molar-refractivity contribution is 6.03. The normalized spacial score (nSPS) is 12.6. The van der Waals surface area contributed by atoms with Gasteiger partial charge in [0.15, 0.2) is 0 Å². The number of carbonyl (C=O) groups is 1. The number of benzene rings is 2. The standard InChI is InChI=1S/C20H18N4O2/c1-26-16-7-4-6-15(11-16)23-20(25)17-12-19(22-13-21-17)24-10-9-14-5-2-3-8-18(14)24/h2-8,11-13H,9-10H2,1H3,(H,23,25). The number of fused-ring (bicyclic) bond motifs is 1. The molecule has 0 atom stereocenters. The Hall–Kier alpha value is -3.41. The number of hydrogen-bond acceptors (Lipinski definition) is 5. The van der Waals surface area contributed by atoms with E-state index in [0.29, 0.717) is 17.1 Å². The number of methoxy groups -OCH3 is 1. The van der Waals surface area contributed by atoms with Crippen molar-refractivity contribution in [1.82, 2.24) is 9.97 Å². The summed E-state index contributed by atoms with van der Waals surface area (Å²) in [6, 6.07) is 17.2. The number of rotatable bonds is 4. The summed E-state index contributed by atoms with van der Waals surface area (Å²) in [6.45, 7) is 0.841. The van der Waals surface area contributed by atoms with Crippen molar-refractivity contribution in [2.24, 2.45) is 0 Å². The highest BCUT2D eigenvalue weighted by atomic mass is 16.5. The van der Waals surface area contributed by atoms with Gasteiger partial charge in [0.25, 0.3) is 5.91 Å². The van der Waals surface area contributed by atoms with E-state index >= 15 is 0 Å². The number of amides is 1. The lowest BCUT2D eigenvalue weighted by Gasteiger charge is -2.18. The molecular formula is C20H18N4O2. The Bertz CT molecular complexity index is 958. The third-order valence-corrected chi connectivity index (χ3v) is 4.38. The van der Waals surface area contributed by atoms with Gasteiger partial charge in [0, 0.05) is 30.1 Å². The fraction of sp³-hybridized carbons (Fsp3) is 0.150. The molecule has 2 heterocycles. The van der Waals surface area contributed by atoms with Gasteiger partial charge in [0.05, 0.1) is 7.11 Å². The van der Waals surface area contributed by atoms with Crippen molar-refractivity contribution < 1.29 is 9.53 Å². The molecule has 1 amide bonds. The van der Waals surface area contributed by atoms with Crippen LogP contribution in [0.3, 0.4) is 0 Å². The molecule has 6 heteroatoms. The lowest BCUT2D eigenvalue weighted by atomic mass is 10.2. The molecule has 0 saturated carbocycles. The molecule has 3 aromatic rings. The second kappa shape index (κ2) is 6.84. The number of nitrogens with one attached hydrogen (secondary N) is 1. The first kappa shape index (κ1) is 16.1. The molecule has 0 saturated heterocycles. The van der Waals surface area contributed by atoms with E-state index in [0.717, 1.165) is 24.5 Å². The summed E-state index contributed by atoms with van der Waals surface area (Å²) in [7, 11) is 1.59. The van der Waals surface area contributed by atoms with E-state index in [9.17, 15) is 4.79 Å². The molecule has 1 aliphatic rings. The Labute approximate surface area is 151 Å². The van der Waals surface area contributed by atoms with Gasteiger partial charge in [0.2, 0.25) is 0 Å². The van der Waals surface area contributed by atoms with E-state index in [4.69, 9.17) is 4.74 Å². The van der Waals surface area contributed by atoms with E-state index in [1.165, 1.54) is 11.9 Å². The van der Waals surface area contributed by atoms with Crippen molar-refractivity contribution >= 4 is 23.1 Å². The first-order chi connectivity index (χ1) is 12.7. The summed E-state index contributed by atoms with van der Waals surface area (Å²) in [4.78, 5) is 23.2. The minimum absolute atomic E-state index is 0.283. The van der Waals surface area contributed by atoms with Crippen LogP contribution < -0.4 is 15.0 Å². The fourth-order valence-corrected chi connectivity index (χ4v) is 3.09. The van der Waals surface area contributed by atoms with Crippen LogP contribution in [0.15, 0.2) is 60.9 Å². The van der Waals surface area contributed by atoms with Crippen LogP contribution in [0.5, 0.6) is 5.75 Å². The Morgan fingerprint density at radius 2 is 2.00 bits per heavy atom. The van der Waals surface area contributed by atoms with Crippen LogP contribution in [0, 0.1) is 0 Å². The molecule has 1 N–H and O–H groups in total. The molecule has 0 fully saturated rings. The van der Waals surface area contributed by atoms with Gasteiger partial charge >= 0.3 is 0 Å². The monoisotopic (exact) mass is 346 g/mol. The van der Waals surface area contributed by atoms with Crippen LogP contribution in [0.2, 0.25) is 0 Å². The zero-order chi connectivity index (χ0) is 17.9. The van der Waals surface area contributed by atoms with Gasteiger partial charge in [-0.15, -0.1) is 0 Å². The van der Waals surface area contributed by atoms with Crippen molar-refractivity contribution in [3.05, 3.63) is 72.2 Å². The number of anilines is 3. The molecule has 0 aliphatic carbocycles. The quantitative estimate of drug-likeness (QED) is 0.784. The van der Waals surface area contributed by atoms with Gasteiger partial charge < -0.3 is 15.0 Å². The van der Waals surface area contributed by atoms with Crippen LogP contribution in [-0.2, 0) is 6.42 Å². The van der Waals surface area contributed by atoms with Crippen LogP contribution in [-0.4, -0.2) is 29.5 Å². The predicted molar refractivity (Wildman–Crippen MR) is 100 cm³/mol. The summed E-state index contributed by atoms with van der Waals surface area (Å²) >= 11 is 0. The summed E-state index contributed by atoms with van der Waals surface area (Å²) in [5.41, 5.74) is 3.39. The first-order valence-corrected chi connectivity index (χ1v) is 8.37. The molecule has 0 bridgehead atoms. The number of hydrogen-bond donors (Lipinski definition) is 1. The Morgan fingerprint density at radius 1 is 1.12 bits per heavy atom.